The zero-order chi connectivity index (χ0) is 22.1. The van der Waals surface area contributed by atoms with Crippen LogP contribution in [0.5, 0.6) is 11.5 Å². The van der Waals surface area contributed by atoms with Crippen molar-refractivity contribution in [2.24, 2.45) is 5.41 Å². The number of aromatic nitrogens is 3. The third-order valence-corrected chi connectivity index (χ3v) is 5.11. The van der Waals surface area contributed by atoms with Gasteiger partial charge in [0.15, 0.2) is 11.5 Å². The molecule has 2 aromatic heterocycles. The van der Waals surface area contributed by atoms with Gasteiger partial charge in [0, 0.05) is 36.4 Å². The van der Waals surface area contributed by atoms with Gasteiger partial charge in [0.05, 0.1) is 18.0 Å². The summed E-state index contributed by atoms with van der Waals surface area (Å²) in [4.78, 5) is 9.36. The number of rotatable bonds is 5. The Hall–Kier alpha value is -3.74. The Morgan fingerprint density at radius 3 is 2.81 bits per heavy atom. The first-order valence-electron chi connectivity index (χ1n) is 10.8. The number of imidazole rings is 1. The van der Waals surface area contributed by atoms with Gasteiger partial charge in [-0.3, -0.25) is 0 Å². The maximum absolute atomic E-state index is 5.88. The predicted octanol–water partition coefficient (Wildman–Crippen LogP) is 5.37. The molecule has 7 heteroatoms. The summed E-state index contributed by atoms with van der Waals surface area (Å²) in [5.74, 6) is 2.41. The maximum atomic E-state index is 5.88. The molecule has 0 atom stereocenters. The molecule has 1 aliphatic rings. The lowest BCUT2D eigenvalue weighted by Crippen LogP contribution is -2.17. The molecule has 32 heavy (non-hydrogen) atoms. The second-order valence-corrected chi connectivity index (χ2v) is 9.12. The molecule has 0 amide bonds. The molecule has 2 aromatic carbocycles. The number of hydrogen-bond donors (Lipinski definition) is 2. The van der Waals surface area contributed by atoms with E-state index >= 15 is 0 Å². The Labute approximate surface area is 187 Å². The van der Waals surface area contributed by atoms with Crippen LogP contribution in [0.1, 0.15) is 20.8 Å². The van der Waals surface area contributed by atoms with Crippen LogP contribution in [-0.2, 0) is 0 Å². The Kier molecular flexibility index (Phi) is 5.09. The molecule has 1 aliphatic heterocycles. The maximum Gasteiger partial charge on any atom is 0.180 e. The fraction of sp³-hybridized carbons (Fsp3) is 0.280. The lowest BCUT2D eigenvalue weighted by atomic mass is 9.99. The molecule has 0 saturated heterocycles. The van der Waals surface area contributed by atoms with Crippen molar-refractivity contribution in [3.05, 3.63) is 61.1 Å². The summed E-state index contributed by atoms with van der Waals surface area (Å²) < 4.78 is 13.6. The molecular weight excluding hydrogens is 402 g/mol. The SMILES string of the molecule is CC(C)(C)COc1ccc(Nc2nc(-c3ccc4c(c3)NCCO4)cn3ccnc23)cc1. The molecule has 0 spiro atoms. The van der Waals surface area contributed by atoms with Crippen molar-refractivity contribution >= 4 is 22.8 Å². The van der Waals surface area contributed by atoms with E-state index in [4.69, 9.17) is 14.5 Å². The zero-order valence-electron chi connectivity index (χ0n) is 18.6. The van der Waals surface area contributed by atoms with Gasteiger partial charge in [0.2, 0.25) is 0 Å². The Morgan fingerprint density at radius 2 is 2.00 bits per heavy atom. The van der Waals surface area contributed by atoms with E-state index in [1.807, 2.05) is 53.2 Å². The fourth-order valence-corrected chi connectivity index (χ4v) is 3.53. The molecule has 3 heterocycles. The summed E-state index contributed by atoms with van der Waals surface area (Å²) in [6.45, 7) is 8.61. The molecule has 2 N–H and O–H groups in total. The van der Waals surface area contributed by atoms with Crippen LogP contribution in [0.4, 0.5) is 17.2 Å². The van der Waals surface area contributed by atoms with Gasteiger partial charge in [0.25, 0.3) is 0 Å². The first kappa shape index (κ1) is 20.2. The molecule has 0 fully saturated rings. The summed E-state index contributed by atoms with van der Waals surface area (Å²) in [5, 5.41) is 6.80. The third-order valence-electron chi connectivity index (χ3n) is 5.11. The highest BCUT2D eigenvalue weighted by molar-refractivity contribution is 5.76. The lowest BCUT2D eigenvalue weighted by Gasteiger charge is -2.20. The van der Waals surface area contributed by atoms with Crippen molar-refractivity contribution in [1.82, 2.24) is 14.4 Å². The van der Waals surface area contributed by atoms with Gasteiger partial charge >= 0.3 is 0 Å². The van der Waals surface area contributed by atoms with E-state index in [1.54, 1.807) is 6.20 Å². The lowest BCUT2D eigenvalue weighted by molar-refractivity contribution is 0.198. The Balaban J connectivity index is 1.43. The number of nitrogens with zero attached hydrogens (tertiary/aromatic N) is 3. The molecule has 164 valence electrons. The van der Waals surface area contributed by atoms with Crippen molar-refractivity contribution in [3.63, 3.8) is 0 Å². The van der Waals surface area contributed by atoms with E-state index in [9.17, 15) is 0 Å². The van der Waals surface area contributed by atoms with Gasteiger partial charge in [-0.25, -0.2) is 9.97 Å². The average Bonchev–Trinajstić information content (AvgIpc) is 3.27. The number of ether oxygens (including phenoxy) is 2. The standard InChI is InChI=1S/C25H27N5O2/c1-25(2,3)16-32-19-7-5-18(6-8-19)28-23-24-27-10-12-30(24)15-21(29-23)17-4-9-22-20(14-17)26-11-13-31-22/h4-10,12,14-15,26H,11,13,16H2,1-3H3,(H,28,29). The van der Waals surface area contributed by atoms with Crippen molar-refractivity contribution in [1.29, 1.82) is 0 Å². The number of benzene rings is 2. The first-order chi connectivity index (χ1) is 15.4. The monoisotopic (exact) mass is 429 g/mol. The minimum absolute atomic E-state index is 0.117. The molecule has 0 aliphatic carbocycles. The minimum Gasteiger partial charge on any atom is -0.493 e. The van der Waals surface area contributed by atoms with Gasteiger partial charge < -0.3 is 24.5 Å². The minimum atomic E-state index is 0.117. The topological polar surface area (TPSA) is 72.7 Å². The van der Waals surface area contributed by atoms with Crippen molar-refractivity contribution in [2.45, 2.75) is 20.8 Å². The van der Waals surface area contributed by atoms with Crippen molar-refractivity contribution in [3.8, 4) is 22.8 Å². The van der Waals surface area contributed by atoms with Gasteiger partial charge in [-0.2, -0.15) is 0 Å². The van der Waals surface area contributed by atoms with Gasteiger partial charge in [0.1, 0.15) is 18.1 Å². The summed E-state index contributed by atoms with van der Waals surface area (Å²) in [5.41, 5.74) is 4.64. The van der Waals surface area contributed by atoms with E-state index in [0.29, 0.717) is 19.0 Å². The van der Waals surface area contributed by atoms with Crippen LogP contribution in [-0.4, -0.2) is 34.1 Å². The molecule has 0 bridgehead atoms. The van der Waals surface area contributed by atoms with Crippen LogP contribution in [0.2, 0.25) is 0 Å². The van der Waals surface area contributed by atoms with Crippen LogP contribution in [0.3, 0.4) is 0 Å². The molecule has 0 radical (unpaired) electrons. The quantitative estimate of drug-likeness (QED) is 0.444. The molecule has 0 saturated carbocycles. The number of anilines is 3. The number of fused-ring (bicyclic) bond motifs is 2. The Bertz CT molecular complexity index is 1240. The number of hydrogen-bond acceptors (Lipinski definition) is 6. The van der Waals surface area contributed by atoms with Crippen molar-refractivity contribution in [2.75, 3.05) is 30.4 Å². The second-order valence-electron chi connectivity index (χ2n) is 9.12. The van der Waals surface area contributed by atoms with Gasteiger partial charge in [-0.1, -0.05) is 20.8 Å². The van der Waals surface area contributed by atoms with E-state index in [-0.39, 0.29) is 5.41 Å². The molecule has 0 unspecified atom stereocenters. The summed E-state index contributed by atoms with van der Waals surface area (Å²) in [6, 6.07) is 14.0. The van der Waals surface area contributed by atoms with E-state index in [2.05, 4.69) is 42.5 Å². The van der Waals surface area contributed by atoms with Gasteiger partial charge in [-0.15, -0.1) is 0 Å². The largest absolute Gasteiger partial charge is 0.493 e. The van der Waals surface area contributed by atoms with E-state index in [1.165, 1.54) is 0 Å². The zero-order valence-corrected chi connectivity index (χ0v) is 18.6. The second kappa shape index (κ2) is 8.07. The Morgan fingerprint density at radius 1 is 1.16 bits per heavy atom. The van der Waals surface area contributed by atoms with Crippen LogP contribution in [0.15, 0.2) is 61.1 Å². The van der Waals surface area contributed by atoms with E-state index in [0.717, 1.165) is 46.3 Å². The van der Waals surface area contributed by atoms with Crippen LogP contribution >= 0.6 is 0 Å². The highest BCUT2D eigenvalue weighted by Gasteiger charge is 2.14. The van der Waals surface area contributed by atoms with Gasteiger partial charge in [-0.05, 0) is 47.9 Å². The van der Waals surface area contributed by atoms with Crippen LogP contribution in [0, 0.1) is 5.41 Å². The molecule has 4 aromatic rings. The summed E-state index contributed by atoms with van der Waals surface area (Å²) in [7, 11) is 0. The van der Waals surface area contributed by atoms with E-state index < -0.39 is 0 Å². The van der Waals surface area contributed by atoms with Crippen molar-refractivity contribution < 1.29 is 9.47 Å². The number of nitrogens with one attached hydrogen (secondary N) is 2. The molecule has 5 rings (SSSR count). The normalized spacial score (nSPS) is 13.2. The highest BCUT2D eigenvalue weighted by Crippen LogP contribution is 2.33. The highest BCUT2D eigenvalue weighted by atomic mass is 16.5. The first-order valence-corrected chi connectivity index (χ1v) is 10.8. The van der Waals surface area contributed by atoms with Crippen LogP contribution < -0.4 is 20.1 Å². The molecule has 7 nitrogen and oxygen atoms in total. The predicted molar refractivity (Wildman–Crippen MR) is 127 cm³/mol. The third kappa shape index (κ3) is 4.32. The fourth-order valence-electron chi connectivity index (χ4n) is 3.53. The smallest absolute Gasteiger partial charge is 0.180 e. The van der Waals surface area contributed by atoms with Crippen LogP contribution in [0.25, 0.3) is 16.9 Å². The summed E-state index contributed by atoms with van der Waals surface area (Å²) in [6.07, 6.45) is 5.69. The summed E-state index contributed by atoms with van der Waals surface area (Å²) >= 11 is 0. The molecular formula is C25H27N5O2. The average molecular weight is 430 g/mol.